The van der Waals surface area contributed by atoms with Crippen LogP contribution in [0.1, 0.15) is 15.9 Å². The Morgan fingerprint density at radius 2 is 1.70 bits per heavy atom. The predicted molar refractivity (Wildman–Crippen MR) is 126 cm³/mol. The number of para-hydroxylation sites is 2. The molecule has 1 amide bonds. The van der Waals surface area contributed by atoms with E-state index in [4.69, 9.17) is 25.2 Å². The number of carbonyl (C=O) groups is 1. The maximum Gasteiger partial charge on any atom is 0.261 e. The zero-order valence-corrected chi connectivity index (χ0v) is 17.7. The highest BCUT2D eigenvalue weighted by molar-refractivity contribution is 6.16. The summed E-state index contributed by atoms with van der Waals surface area (Å²) < 4.78 is 12.7. The molecule has 162 valence electrons. The molecule has 6 rings (SSSR count). The van der Waals surface area contributed by atoms with Gasteiger partial charge >= 0.3 is 0 Å². The van der Waals surface area contributed by atoms with Crippen LogP contribution in [-0.4, -0.2) is 27.2 Å². The van der Waals surface area contributed by atoms with Crippen molar-refractivity contribution in [2.45, 2.75) is 6.92 Å². The van der Waals surface area contributed by atoms with Gasteiger partial charge in [0.25, 0.3) is 5.91 Å². The van der Waals surface area contributed by atoms with Crippen LogP contribution in [0.2, 0.25) is 0 Å². The third-order valence-electron chi connectivity index (χ3n) is 5.65. The first-order valence-electron chi connectivity index (χ1n) is 10.4. The molecule has 0 atom stereocenters. The number of rotatable bonds is 3. The number of aromatic nitrogens is 3. The first kappa shape index (κ1) is 19.1. The van der Waals surface area contributed by atoms with Crippen LogP contribution in [0, 0.1) is 6.92 Å². The van der Waals surface area contributed by atoms with Crippen LogP contribution in [0.4, 0.5) is 11.5 Å². The third-order valence-corrected chi connectivity index (χ3v) is 5.65. The zero-order valence-electron chi connectivity index (χ0n) is 17.7. The molecule has 0 aliphatic carbocycles. The van der Waals surface area contributed by atoms with Crippen LogP contribution < -0.4 is 20.5 Å². The summed E-state index contributed by atoms with van der Waals surface area (Å²) >= 11 is 0. The van der Waals surface area contributed by atoms with Gasteiger partial charge in [-0.15, -0.1) is 0 Å². The lowest BCUT2D eigenvalue weighted by molar-refractivity contribution is 0.102. The van der Waals surface area contributed by atoms with E-state index in [0.717, 1.165) is 5.56 Å². The van der Waals surface area contributed by atoms with E-state index in [0.29, 0.717) is 45.1 Å². The van der Waals surface area contributed by atoms with E-state index in [2.05, 4.69) is 5.32 Å². The van der Waals surface area contributed by atoms with Crippen molar-refractivity contribution in [3.05, 3.63) is 77.9 Å². The standard InChI is InChI=1S/C25H19N5O3/c1-14-6-8-15(9-7-14)27-25(31)21-22-24(29-18-5-3-2-4-17(18)28-22)30(23(21)26)16-10-11-19-20(12-16)33-13-32-19/h2-12H,13,26H2,1H3,(H,27,31). The van der Waals surface area contributed by atoms with Crippen molar-refractivity contribution in [1.82, 2.24) is 14.5 Å². The molecule has 0 saturated heterocycles. The highest BCUT2D eigenvalue weighted by Crippen LogP contribution is 2.37. The van der Waals surface area contributed by atoms with E-state index in [-0.39, 0.29) is 24.1 Å². The smallest absolute Gasteiger partial charge is 0.261 e. The summed E-state index contributed by atoms with van der Waals surface area (Å²) in [6, 6.07) is 20.5. The molecule has 3 aromatic carbocycles. The van der Waals surface area contributed by atoms with Gasteiger partial charge in [0.2, 0.25) is 6.79 Å². The molecule has 8 heteroatoms. The number of nitrogen functional groups attached to an aromatic ring is 1. The number of aryl methyl sites for hydroxylation is 1. The van der Waals surface area contributed by atoms with Crippen molar-refractivity contribution >= 4 is 39.6 Å². The largest absolute Gasteiger partial charge is 0.454 e. The summed E-state index contributed by atoms with van der Waals surface area (Å²) in [7, 11) is 0. The van der Waals surface area contributed by atoms with Gasteiger partial charge in [-0.2, -0.15) is 0 Å². The highest BCUT2D eigenvalue weighted by Gasteiger charge is 2.26. The van der Waals surface area contributed by atoms with Crippen molar-refractivity contribution in [3.63, 3.8) is 0 Å². The molecule has 0 radical (unpaired) electrons. The van der Waals surface area contributed by atoms with Gasteiger partial charge in [-0.05, 0) is 43.3 Å². The number of fused-ring (bicyclic) bond motifs is 3. The Labute approximate surface area is 188 Å². The lowest BCUT2D eigenvalue weighted by Gasteiger charge is -2.09. The summed E-state index contributed by atoms with van der Waals surface area (Å²) in [6.07, 6.45) is 0. The van der Waals surface area contributed by atoms with Gasteiger partial charge in [-0.25, -0.2) is 9.97 Å². The molecule has 0 fully saturated rings. The van der Waals surface area contributed by atoms with Crippen molar-refractivity contribution in [2.24, 2.45) is 0 Å². The topological polar surface area (TPSA) is 104 Å². The summed E-state index contributed by atoms with van der Waals surface area (Å²) in [5.41, 5.74) is 11.6. The Morgan fingerprint density at radius 1 is 0.970 bits per heavy atom. The van der Waals surface area contributed by atoms with E-state index in [1.807, 2.05) is 73.7 Å². The maximum absolute atomic E-state index is 13.4. The number of hydrogen-bond donors (Lipinski definition) is 2. The normalized spacial score (nSPS) is 12.4. The zero-order chi connectivity index (χ0) is 22.5. The van der Waals surface area contributed by atoms with Gasteiger partial charge in [-0.1, -0.05) is 29.8 Å². The second-order valence-electron chi connectivity index (χ2n) is 7.84. The molecule has 33 heavy (non-hydrogen) atoms. The minimum Gasteiger partial charge on any atom is -0.454 e. The molecule has 0 unspecified atom stereocenters. The fourth-order valence-corrected chi connectivity index (χ4v) is 4.00. The van der Waals surface area contributed by atoms with Crippen LogP contribution in [0.5, 0.6) is 11.5 Å². The number of anilines is 2. The van der Waals surface area contributed by atoms with Gasteiger partial charge in [0.1, 0.15) is 16.9 Å². The quantitative estimate of drug-likeness (QED) is 0.432. The number of benzene rings is 3. The molecule has 3 N–H and O–H groups in total. The van der Waals surface area contributed by atoms with E-state index in [1.54, 1.807) is 4.57 Å². The monoisotopic (exact) mass is 437 g/mol. The Hall–Kier alpha value is -4.59. The molecule has 3 heterocycles. The minimum atomic E-state index is -0.356. The predicted octanol–water partition coefficient (Wildman–Crippen LogP) is 4.45. The van der Waals surface area contributed by atoms with Crippen LogP contribution in [0.15, 0.2) is 66.7 Å². The minimum absolute atomic E-state index is 0.162. The number of nitrogens with two attached hydrogens (primary N) is 1. The van der Waals surface area contributed by atoms with E-state index >= 15 is 0 Å². The first-order valence-corrected chi connectivity index (χ1v) is 10.4. The Morgan fingerprint density at radius 3 is 2.48 bits per heavy atom. The molecular formula is C25H19N5O3. The molecule has 2 aromatic heterocycles. The average Bonchev–Trinajstić information content (AvgIpc) is 3.39. The number of hydrogen-bond acceptors (Lipinski definition) is 6. The summed E-state index contributed by atoms with van der Waals surface area (Å²) in [4.78, 5) is 22.9. The summed E-state index contributed by atoms with van der Waals surface area (Å²) in [5, 5.41) is 2.93. The number of amides is 1. The highest BCUT2D eigenvalue weighted by atomic mass is 16.7. The van der Waals surface area contributed by atoms with Crippen LogP contribution in [0.3, 0.4) is 0 Å². The van der Waals surface area contributed by atoms with Crippen LogP contribution in [0.25, 0.3) is 27.9 Å². The van der Waals surface area contributed by atoms with Crippen molar-refractivity contribution in [1.29, 1.82) is 0 Å². The molecule has 0 saturated carbocycles. The molecule has 5 aromatic rings. The second kappa shape index (κ2) is 7.23. The SMILES string of the molecule is Cc1ccc(NC(=O)c2c(N)n(-c3ccc4c(c3)OCO4)c3nc4ccccc4nc23)cc1. The summed E-state index contributed by atoms with van der Waals surface area (Å²) in [5.74, 6) is 1.14. The number of carbonyl (C=O) groups excluding carboxylic acids is 1. The number of nitrogens with one attached hydrogen (secondary N) is 1. The Balaban J connectivity index is 1.57. The lowest BCUT2D eigenvalue weighted by atomic mass is 10.2. The molecule has 8 nitrogen and oxygen atoms in total. The van der Waals surface area contributed by atoms with Gasteiger partial charge < -0.3 is 20.5 Å². The molecular weight excluding hydrogens is 418 g/mol. The second-order valence-corrected chi connectivity index (χ2v) is 7.84. The molecule has 1 aliphatic heterocycles. The van der Waals surface area contributed by atoms with E-state index in [9.17, 15) is 4.79 Å². The molecule has 1 aliphatic rings. The fourth-order valence-electron chi connectivity index (χ4n) is 4.00. The van der Waals surface area contributed by atoms with Crippen LogP contribution >= 0.6 is 0 Å². The van der Waals surface area contributed by atoms with Gasteiger partial charge in [0.15, 0.2) is 17.1 Å². The molecule has 0 bridgehead atoms. The van der Waals surface area contributed by atoms with Gasteiger partial charge in [-0.3, -0.25) is 9.36 Å². The Bertz CT molecular complexity index is 1560. The number of ether oxygens (including phenoxy) is 2. The number of nitrogens with zero attached hydrogens (tertiary/aromatic N) is 3. The third kappa shape index (κ3) is 3.11. The fraction of sp³-hybridized carbons (Fsp3) is 0.0800. The van der Waals surface area contributed by atoms with Gasteiger partial charge in [0, 0.05) is 11.8 Å². The first-order chi connectivity index (χ1) is 16.1. The lowest BCUT2D eigenvalue weighted by Crippen LogP contribution is -2.14. The maximum atomic E-state index is 13.4. The summed E-state index contributed by atoms with van der Waals surface area (Å²) in [6.45, 7) is 2.15. The average molecular weight is 437 g/mol. The van der Waals surface area contributed by atoms with Crippen molar-refractivity contribution < 1.29 is 14.3 Å². The van der Waals surface area contributed by atoms with Crippen LogP contribution in [-0.2, 0) is 0 Å². The van der Waals surface area contributed by atoms with E-state index < -0.39 is 0 Å². The van der Waals surface area contributed by atoms with E-state index in [1.165, 1.54) is 0 Å². The Kier molecular flexibility index (Phi) is 4.19. The van der Waals surface area contributed by atoms with Crippen molar-refractivity contribution in [2.75, 3.05) is 17.8 Å². The van der Waals surface area contributed by atoms with Crippen molar-refractivity contribution in [3.8, 4) is 17.2 Å². The molecule has 0 spiro atoms. The van der Waals surface area contributed by atoms with Gasteiger partial charge in [0.05, 0.1) is 16.7 Å².